The zero-order chi connectivity index (χ0) is 22.7. The monoisotopic (exact) mass is 555 g/mol. The summed E-state index contributed by atoms with van der Waals surface area (Å²) in [5.41, 5.74) is 4.99. The summed E-state index contributed by atoms with van der Waals surface area (Å²) in [5, 5.41) is 6.02. The van der Waals surface area contributed by atoms with Gasteiger partial charge >= 0.3 is 0 Å². The predicted molar refractivity (Wildman–Crippen MR) is 141 cm³/mol. The molecule has 0 fully saturated rings. The van der Waals surface area contributed by atoms with Crippen molar-refractivity contribution in [3.05, 3.63) is 81.4 Å². The number of oxazole rings is 1. The number of hydrogen-bond donors (Lipinski definition) is 2. The number of halogens is 1. The molecule has 4 aromatic rings. The minimum absolute atomic E-state index is 0.225. The second-order valence-corrected chi connectivity index (χ2v) is 9.09. The molecule has 3 aromatic carbocycles. The van der Waals surface area contributed by atoms with E-state index in [2.05, 4.69) is 64.2 Å². The molecule has 1 heterocycles. The Morgan fingerprint density at radius 2 is 1.94 bits per heavy atom. The maximum absolute atomic E-state index is 12.5. The molecule has 0 saturated carbocycles. The summed E-state index contributed by atoms with van der Waals surface area (Å²) < 4.78 is 6.84. The topological polar surface area (TPSA) is 67.2 Å². The van der Waals surface area contributed by atoms with Gasteiger partial charge in [0, 0.05) is 14.8 Å². The van der Waals surface area contributed by atoms with E-state index in [0.717, 1.165) is 32.3 Å². The Morgan fingerprint density at radius 3 is 2.72 bits per heavy atom. The SMILES string of the molecule is CC[C@H](C)c1ccc2oc(-c3cccc(NC(=S)NC(=O)c4ccccc4I)c3)nc2c1. The standard InChI is InChI=1S/C25H22IN3O2S/c1-3-15(2)16-11-12-22-21(14-16)28-24(31-22)17-7-6-8-18(13-17)27-25(32)29-23(30)19-9-4-5-10-20(19)26/h4-15H,3H2,1-2H3,(H2,27,29,30,32)/t15-/m0/s1. The molecular formula is C25H22IN3O2S. The zero-order valence-electron chi connectivity index (χ0n) is 17.7. The average molecular weight is 555 g/mol. The van der Waals surface area contributed by atoms with E-state index >= 15 is 0 Å². The molecule has 32 heavy (non-hydrogen) atoms. The highest BCUT2D eigenvalue weighted by molar-refractivity contribution is 14.1. The Kier molecular flexibility index (Phi) is 6.86. The lowest BCUT2D eigenvalue weighted by atomic mass is 9.98. The highest BCUT2D eigenvalue weighted by Gasteiger charge is 2.13. The lowest BCUT2D eigenvalue weighted by Crippen LogP contribution is -2.34. The molecule has 7 heteroatoms. The summed E-state index contributed by atoms with van der Waals surface area (Å²) >= 11 is 7.46. The van der Waals surface area contributed by atoms with Crippen molar-refractivity contribution in [1.29, 1.82) is 0 Å². The van der Waals surface area contributed by atoms with Gasteiger partial charge in [0.05, 0.1) is 5.56 Å². The summed E-state index contributed by atoms with van der Waals surface area (Å²) in [4.78, 5) is 17.2. The van der Waals surface area contributed by atoms with Gasteiger partial charge in [-0.2, -0.15) is 0 Å². The number of thiocarbonyl (C=S) groups is 1. The lowest BCUT2D eigenvalue weighted by Gasteiger charge is -2.11. The molecule has 0 bridgehead atoms. The number of fused-ring (bicyclic) bond motifs is 1. The van der Waals surface area contributed by atoms with Gasteiger partial charge in [0.1, 0.15) is 5.52 Å². The Bertz CT molecular complexity index is 1300. The number of benzene rings is 3. The summed E-state index contributed by atoms with van der Waals surface area (Å²) in [6.45, 7) is 4.38. The highest BCUT2D eigenvalue weighted by atomic mass is 127. The summed E-state index contributed by atoms with van der Waals surface area (Å²) in [6.07, 6.45) is 1.07. The molecule has 0 radical (unpaired) electrons. The number of aromatic nitrogens is 1. The molecule has 0 aliphatic heterocycles. The number of amides is 1. The molecule has 0 saturated heterocycles. The van der Waals surface area contributed by atoms with Crippen LogP contribution in [0.15, 0.2) is 71.1 Å². The van der Waals surface area contributed by atoms with Gasteiger partial charge in [-0.05, 0) is 95.2 Å². The molecule has 5 nitrogen and oxygen atoms in total. The lowest BCUT2D eigenvalue weighted by molar-refractivity contribution is 0.0977. The summed E-state index contributed by atoms with van der Waals surface area (Å²) in [5.74, 6) is 0.765. The van der Waals surface area contributed by atoms with Crippen molar-refractivity contribution in [2.45, 2.75) is 26.2 Å². The van der Waals surface area contributed by atoms with E-state index in [1.807, 2.05) is 48.5 Å². The number of nitrogens with one attached hydrogen (secondary N) is 2. The van der Waals surface area contributed by atoms with E-state index < -0.39 is 0 Å². The van der Waals surface area contributed by atoms with Gasteiger partial charge in [-0.1, -0.05) is 38.1 Å². The summed E-state index contributed by atoms with van der Waals surface area (Å²) in [7, 11) is 0. The van der Waals surface area contributed by atoms with Crippen molar-refractivity contribution >= 4 is 62.6 Å². The quantitative estimate of drug-likeness (QED) is 0.211. The normalized spacial score (nSPS) is 11.8. The van der Waals surface area contributed by atoms with Crippen LogP contribution in [0.5, 0.6) is 0 Å². The van der Waals surface area contributed by atoms with Crippen LogP contribution in [0.4, 0.5) is 5.69 Å². The van der Waals surface area contributed by atoms with E-state index in [1.165, 1.54) is 5.56 Å². The van der Waals surface area contributed by atoms with Crippen LogP contribution in [0.25, 0.3) is 22.6 Å². The first-order valence-corrected chi connectivity index (χ1v) is 11.8. The third-order valence-electron chi connectivity index (χ3n) is 5.31. The number of carbonyl (C=O) groups excluding carboxylic acids is 1. The van der Waals surface area contributed by atoms with E-state index in [9.17, 15) is 4.79 Å². The fraction of sp³-hybridized carbons (Fsp3) is 0.160. The second kappa shape index (κ2) is 9.79. The van der Waals surface area contributed by atoms with Crippen LogP contribution in [0.2, 0.25) is 0 Å². The second-order valence-electron chi connectivity index (χ2n) is 7.52. The number of nitrogens with zero attached hydrogens (tertiary/aromatic N) is 1. The maximum atomic E-state index is 12.5. The van der Waals surface area contributed by atoms with Gasteiger partial charge in [-0.25, -0.2) is 4.98 Å². The van der Waals surface area contributed by atoms with Gasteiger partial charge in [-0.3, -0.25) is 10.1 Å². The third-order valence-corrected chi connectivity index (χ3v) is 6.45. The van der Waals surface area contributed by atoms with Gasteiger partial charge < -0.3 is 9.73 Å². The van der Waals surface area contributed by atoms with Crippen LogP contribution in [0.1, 0.15) is 42.1 Å². The molecule has 162 valence electrons. The van der Waals surface area contributed by atoms with Crippen LogP contribution >= 0.6 is 34.8 Å². The van der Waals surface area contributed by atoms with Crippen molar-refractivity contribution in [1.82, 2.24) is 10.3 Å². The minimum atomic E-state index is -0.250. The summed E-state index contributed by atoms with van der Waals surface area (Å²) in [6, 6.07) is 21.1. The van der Waals surface area contributed by atoms with Gasteiger partial charge in [-0.15, -0.1) is 0 Å². The molecule has 0 spiro atoms. The van der Waals surface area contributed by atoms with Crippen molar-refractivity contribution in [3.63, 3.8) is 0 Å². The predicted octanol–water partition coefficient (Wildman–Crippen LogP) is 6.74. The zero-order valence-corrected chi connectivity index (χ0v) is 20.7. The molecule has 0 aliphatic rings. The van der Waals surface area contributed by atoms with E-state index in [-0.39, 0.29) is 11.0 Å². The molecule has 4 rings (SSSR count). The minimum Gasteiger partial charge on any atom is -0.436 e. The first-order chi connectivity index (χ1) is 15.4. The van der Waals surface area contributed by atoms with E-state index in [4.69, 9.17) is 16.6 Å². The number of anilines is 1. The van der Waals surface area contributed by atoms with Crippen LogP contribution in [0, 0.1) is 3.57 Å². The van der Waals surface area contributed by atoms with Crippen molar-refractivity contribution in [2.75, 3.05) is 5.32 Å². The fourth-order valence-electron chi connectivity index (χ4n) is 3.32. The largest absolute Gasteiger partial charge is 0.436 e. The highest BCUT2D eigenvalue weighted by Crippen LogP contribution is 2.29. The van der Waals surface area contributed by atoms with Gasteiger partial charge in [0.25, 0.3) is 5.91 Å². The van der Waals surface area contributed by atoms with Gasteiger partial charge in [0.15, 0.2) is 10.7 Å². The van der Waals surface area contributed by atoms with Crippen LogP contribution in [-0.2, 0) is 0 Å². The van der Waals surface area contributed by atoms with E-state index in [0.29, 0.717) is 17.4 Å². The average Bonchev–Trinajstić information content (AvgIpc) is 3.22. The van der Waals surface area contributed by atoms with Crippen LogP contribution in [-0.4, -0.2) is 16.0 Å². The van der Waals surface area contributed by atoms with Crippen LogP contribution in [0.3, 0.4) is 0 Å². The van der Waals surface area contributed by atoms with Crippen molar-refractivity contribution in [3.8, 4) is 11.5 Å². The fourth-order valence-corrected chi connectivity index (χ4v) is 4.16. The molecule has 0 aliphatic carbocycles. The number of carbonyl (C=O) groups is 1. The molecular weight excluding hydrogens is 533 g/mol. The maximum Gasteiger partial charge on any atom is 0.258 e. The molecule has 0 unspecified atom stereocenters. The first-order valence-electron chi connectivity index (χ1n) is 10.3. The van der Waals surface area contributed by atoms with Crippen LogP contribution < -0.4 is 10.6 Å². The molecule has 1 atom stereocenters. The first kappa shape index (κ1) is 22.4. The van der Waals surface area contributed by atoms with Crippen molar-refractivity contribution in [2.24, 2.45) is 0 Å². The Morgan fingerprint density at radius 1 is 1.12 bits per heavy atom. The number of rotatable bonds is 5. The Hall–Kier alpha value is -2.78. The van der Waals surface area contributed by atoms with E-state index in [1.54, 1.807) is 6.07 Å². The molecule has 2 N–H and O–H groups in total. The molecule has 1 aromatic heterocycles. The smallest absolute Gasteiger partial charge is 0.258 e. The Balaban J connectivity index is 1.50. The third kappa shape index (κ3) is 4.99. The Labute approximate surface area is 205 Å². The van der Waals surface area contributed by atoms with Crippen molar-refractivity contribution < 1.29 is 9.21 Å². The van der Waals surface area contributed by atoms with Gasteiger partial charge in [0.2, 0.25) is 5.89 Å². The number of hydrogen-bond acceptors (Lipinski definition) is 4. The molecule has 1 amide bonds.